The van der Waals surface area contributed by atoms with Gasteiger partial charge in [0.25, 0.3) is 11.5 Å². The molecule has 2 aromatic heterocycles. The van der Waals surface area contributed by atoms with Gasteiger partial charge in [-0.2, -0.15) is 0 Å². The third-order valence-corrected chi connectivity index (χ3v) is 7.04. The number of anilines is 1. The molecular weight excluding hydrogens is 414 g/mol. The molecule has 0 unspecified atom stereocenters. The lowest BCUT2D eigenvalue weighted by Gasteiger charge is -2.37. The Morgan fingerprint density at radius 1 is 1.24 bits per heavy atom. The van der Waals surface area contributed by atoms with Crippen LogP contribution in [0, 0.1) is 6.92 Å². The van der Waals surface area contributed by atoms with E-state index >= 15 is 0 Å². The first-order valence-electron chi connectivity index (χ1n) is 11.9. The van der Waals surface area contributed by atoms with Crippen LogP contribution in [0.5, 0.6) is 0 Å². The molecule has 2 fully saturated rings. The summed E-state index contributed by atoms with van der Waals surface area (Å²) in [6, 6.07) is 2.22. The lowest BCUT2D eigenvalue weighted by atomic mass is 10.0. The SMILES string of the molecule is C=CCn1cc(C(=O)N(C)C2CCN(c3cc(C)nc(C4CC4)n3)CC2)c2c(c1=O)CC=C2. The van der Waals surface area contributed by atoms with E-state index in [1.807, 2.05) is 31.0 Å². The molecule has 2 aromatic rings. The molecule has 1 saturated heterocycles. The van der Waals surface area contributed by atoms with Crippen molar-refractivity contribution < 1.29 is 4.79 Å². The first-order valence-corrected chi connectivity index (χ1v) is 11.9. The summed E-state index contributed by atoms with van der Waals surface area (Å²) in [6.07, 6.45) is 12.0. The van der Waals surface area contributed by atoms with Crippen LogP contribution in [-0.4, -0.2) is 51.5 Å². The number of piperidine rings is 1. The van der Waals surface area contributed by atoms with Crippen LogP contribution < -0.4 is 10.5 Å². The zero-order valence-corrected chi connectivity index (χ0v) is 19.5. The Hall–Kier alpha value is -3.22. The van der Waals surface area contributed by atoms with Crippen LogP contribution in [0.1, 0.15) is 64.6 Å². The van der Waals surface area contributed by atoms with E-state index in [1.165, 1.54) is 12.8 Å². The van der Waals surface area contributed by atoms with Crippen LogP contribution in [0.2, 0.25) is 0 Å². The largest absolute Gasteiger partial charge is 0.356 e. The van der Waals surface area contributed by atoms with E-state index in [2.05, 4.69) is 22.5 Å². The lowest BCUT2D eigenvalue weighted by Crippen LogP contribution is -2.46. The molecule has 7 heteroatoms. The number of amides is 1. The van der Waals surface area contributed by atoms with Gasteiger partial charge in [-0.3, -0.25) is 9.59 Å². The highest BCUT2D eigenvalue weighted by atomic mass is 16.2. The molecule has 2 aliphatic carbocycles. The molecule has 0 bridgehead atoms. The van der Waals surface area contributed by atoms with Gasteiger partial charge in [-0.1, -0.05) is 18.2 Å². The summed E-state index contributed by atoms with van der Waals surface area (Å²) in [5, 5.41) is 0. The number of pyridine rings is 1. The maximum absolute atomic E-state index is 13.5. The van der Waals surface area contributed by atoms with Crippen molar-refractivity contribution in [3.63, 3.8) is 0 Å². The predicted molar refractivity (Wildman–Crippen MR) is 130 cm³/mol. The van der Waals surface area contributed by atoms with Gasteiger partial charge in [0.15, 0.2) is 0 Å². The Kier molecular flexibility index (Phi) is 5.64. The summed E-state index contributed by atoms with van der Waals surface area (Å²) in [7, 11) is 1.89. The van der Waals surface area contributed by atoms with Crippen LogP contribution in [0.4, 0.5) is 5.82 Å². The van der Waals surface area contributed by atoms with Gasteiger partial charge in [-0.05, 0) is 44.6 Å². The molecule has 1 aliphatic heterocycles. The molecule has 1 amide bonds. The smallest absolute Gasteiger partial charge is 0.255 e. The number of allylic oxidation sites excluding steroid dienone is 2. The van der Waals surface area contributed by atoms with Gasteiger partial charge >= 0.3 is 0 Å². The highest BCUT2D eigenvalue weighted by Gasteiger charge is 2.31. The zero-order chi connectivity index (χ0) is 23.1. The van der Waals surface area contributed by atoms with Crippen molar-refractivity contribution in [2.75, 3.05) is 25.0 Å². The summed E-state index contributed by atoms with van der Waals surface area (Å²) < 4.78 is 1.59. The first kappa shape index (κ1) is 21.6. The summed E-state index contributed by atoms with van der Waals surface area (Å²) in [6.45, 7) is 7.90. The topological polar surface area (TPSA) is 71.3 Å². The normalized spacial score (nSPS) is 17.8. The van der Waals surface area contributed by atoms with Crippen LogP contribution in [0.25, 0.3) is 6.08 Å². The molecule has 5 rings (SSSR count). The van der Waals surface area contributed by atoms with Crippen LogP contribution in [-0.2, 0) is 13.0 Å². The fourth-order valence-electron chi connectivity index (χ4n) is 4.96. The molecule has 1 saturated carbocycles. The van der Waals surface area contributed by atoms with Crippen molar-refractivity contribution in [2.45, 2.75) is 57.5 Å². The maximum Gasteiger partial charge on any atom is 0.255 e. The van der Waals surface area contributed by atoms with Crippen molar-refractivity contribution in [1.82, 2.24) is 19.4 Å². The van der Waals surface area contributed by atoms with E-state index in [0.29, 0.717) is 30.0 Å². The van der Waals surface area contributed by atoms with Crippen molar-refractivity contribution in [3.05, 3.63) is 69.6 Å². The second kappa shape index (κ2) is 8.61. The summed E-state index contributed by atoms with van der Waals surface area (Å²) in [4.78, 5) is 39.8. The average molecular weight is 446 g/mol. The molecule has 3 aliphatic rings. The third-order valence-electron chi connectivity index (χ3n) is 7.04. The van der Waals surface area contributed by atoms with Gasteiger partial charge in [-0.25, -0.2) is 9.97 Å². The molecule has 0 spiro atoms. The van der Waals surface area contributed by atoms with E-state index in [1.54, 1.807) is 16.8 Å². The number of carbonyl (C=O) groups excluding carboxylic acids is 1. The van der Waals surface area contributed by atoms with Gasteiger partial charge in [0.1, 0.15) is 11.6 Å². The monoisotopic (exact) mass is 445 g/mol. The Bertz CT molecular complexity index is 1190. The molecular formula is C26H31N5O2. The van der Waals surface area contributed by atoms with E-state index in [9.17, 15) is 9.59 Å². The fourth-order valence-corrected chi connectivity index (χ4v) is 4.96. The number of hydrogen-bond donors (Lipinski definition) is 0. The molecule has 33 heavy (non-hydrogen) atoms. The van der Waals surface area contributed by atoms with Gasteiger partial charge < -0.3 is 14.4 Å². The Morgan fingerprint density at radius 2 is 2.00 bits per heavy atom. The predicted octanol–water partition coefficient (Wildman–Crippen LogP) is 3.32. The fraction of sp³-hybridized carbons (Fsp3) is 0.462. The molecule has 3 heterocycles. The summed E-state index contributed by atoms with van der Waals surface area (Å²) >= 11 is 0. The second-order valence-electron chi connectivity index (χ2n) is 9.42. The molecule has 0 atom stereocenters. The zero-order valence-electron chi connectivity index (χ0n) is 19.5. The summed E-state index contributed by atoms with van der Waals surface area (Å²) in [5.41, 5.74) is 3.07. The number of aryl methyl sites for hydroxylation is 1. The minimum Gasteiger partial charge on any atom is -0.356 e. The van der Waals surface area contributed by atoms with Gasteiger partial charge in [0.2, 0.25) is 0 Å². The molecule has 7 nitrogen and oxygen atoms in total. The Labute approximate surface area is 194 Å². The minimum atomic E-state index is -0.0341. The molecule has 0 aromatic carbocycles. The number of aromatic nitrogens is 3. The summed E-state index contributed by atoms with van der Waals surface area (Å²) in [5.74, 6) is 2.50. The quantitative estimate of drug-likeness (QED) is 0.638. The van der Waals surface area contributed by atoms with Crippen molar-refractivity contribution in [2.24, 2.45) is 0 Å². The van der Waals surface area contributed by atoms with Crippen molar-refractivity contribution in [1.29, 1.82) is 0 Å². The number of fused-ring (bicyclic) bond motifs is 1. The Balaban J connectivity index is 1.31. The first-order chi connectivity index (χ1) is 16.0. The van der Waals surface area contributed by atoms with Crippen LogP contribution in [0.3, 0.4) is 0 Å². The molecule has 172 valence electrons. The second-order valence-corrected chi connectivity index (χ2v) is 9.42. The van der Waals surface area contributed by atoms with Gasteiger partial charge in [-0.15, -0.1) is 6.58 Å². The Morgan fingerprint density at radius 3 is 2.70 bits per heavy atom. The minimum absolute atomic E-state index is 0.0250. The maximum atomic E-state index is 13.5. The van der Waals surface area contributed by atoms with Crippen molar-refractivity contribution in [3.8, 4) is 0 Å². The average Bonchev–Trinajstić information content (AvgIpc) is 3.56. The molecule has 0 N–H and O–H groups in total. The number of hydrogen-bond acceptors (Lipinski definition) is 5. The van der Waals surface area contributed by atoms with E-state index in [4.69, 9.17) is 4.98 Å². The van der Waals surface area contributed by atoms with Crippen LogP contribution >= 0.6 is 0 Å². The standard InChI is InChI=1S/C26H31N5O2/c1-4-12-31-16-22(20-6-5-7-21(20)26(31)33)25(32)29(3)19-10-13-30(14-11-19)23-15-17(2)27-24(28-23)18-8-9-18/h4-6,15-16,18-19H,1,7-14H2,2-3H3. The molecule has 0 radical (unpaired) electrons. The van der Waals surface area contributed by atoms with Gasteiger partial charge in [0, 0.05) is 62.2 Å². The highest BCUT2D eigenvalue weighted by Crippen LogP contribution is 2.38. The third kappa shape index (κ3) is 4.12. The number of rotatable bonds is 6. The van der Waals surface area contributed by atoms with Gasteiger partial charge in [0.05, 0.1) is 5.56 Å². The van der Waals surface area contributed by atoms with E-state index < -0.39 is 0 Å². The van der Waals surface area contributed by atoms with Crippen molar-refractivity contribution >= 4 is 17.8 Å². The van der Waals surface area contributed by atoms with Crippen LogP contribution in [0.15, 0.2) is 35.8 Å². The van der Waals surface area contributed by atoms with E-state index in [-0.39, 0.29) is 17.5 Å². The number of nitrogens with zero attached hydrogens (tertiary/aromatic N) is 5. The van der Waals surface area contributed by atoms with E-state index in [0.717, 1.165) is 48.8 Å². The lowest BCUT2D eigenvalue weighted by molar-refractivity contribution is 0.0708. The highest BCUT2D eigenvalue weighted by molar-refractivity contribution is 5.98. The number of carbonyl (C=O) groups is 1.